The van der Waals surface area contributed by atoms with Gasteiger partial charge in [-0.25, -0.2) is 18.1 Å². The molecule has 0 unspecified atom stereocenters. The lowest BCUT2D eigenvalue weighted by Gasteiger charge is -2.24. The molecule has 3 aliphatic rings. The minimum atomic E-state index is -3.83. The minimum absolute atomic E-state index is 0.0386. The number of pyridine rings is 1. The van der Waals surface area contributed by atoms with Crippen LogP contribution in [0.3, 0.4) is 0 Å². The number of benzene rings is 1. The van der Waals surface area contributed by atoms with E-state index in [9.17, 15) is 22.8 Å². The van der Waals surface area contributed by atoms with E-state index in [-0.39, 0.29) is 43.6 Å². The topological polar surface area (TPSA) is 171 Å². The number of carbonyl (C=O) groups is 3. The van der Waals surface area contributed by atoms with Crippen molar-refractivity contribution in [1.82, 2.24) is 30.1 Å². The molecule has 2 aromatic heterocycles. The van der Waals surface area contributed by atoms with Crippen LogP contribution in [0.25, 0.3) is 16.7 Å². The molecule has 0 saturated heterocycles. The van der Waals surface area contributed by atoms with E-state index in [1.165, 1.54) is 0 Å². The first kappa shape index (κ1) is 35.4. The van der Waals surface area contributed by atoms with Crippen molar-refractivity contribution in [3.8, 4) is 17.3 Å². The van der Waals surface area contributed by atoms with Gasteiger partial charge in [-0.05, 0) is 69.6 Å². The van der Waals surface area contributed by atoms with Crippen LogP contribution in [0, 0.1) is 12.8 Å². The average Bonchev–Trinajstić information content (AvgIpc) is 4.00. The van der Waals surface area contributed by atoms with Gasteiger partial charge in [0.15, 0.2) is 5.82 Å². The molecule has 268 valence electrons. The van der Waals surface area contributed by atoms with Crippen LogP contribution in [0.5, 0.6) is 11.5 Å². The second kappa shape index (κ2) is 14.4. The molecule has 0 bridgehead atoms. The molecule has 3 heterocycles. The molecule has 6 rings (SSSR count). The highest BCUT2D eigenvalue weighted by atomic mass is 32.2. The molecule has 2 fully saturated rings. The maximum absolute atomic E-state index is 13.9. The number of aryl methyl sites for hydroxylation is 1. The Kier molecular flexibility index (Phi) is 10.2. The highest BCUT2D eigenvalue weighted by molar-refractivity contribution is 7.91. The smallest absolute Gasteiger partial charge is 0.259 e. The maximum atomic E-state index is 13.9. The van der Waals surface area contributed by atoms with Crippen LogP contribution in [0.15, 0.2) is 42.6 Å². The Labute approximate surface area is 292 Å². The molecule has 2 saturated carbocycles. The minimum Gasteiger partial charge on any atom is -0.496 e. The zero-order valence-corrected chi connectivity index (χ0v) is 29.8. The molecule has 3 atom stereocenters. The van der Waals surface area contributed by atoms with E-state index in [4.69, 9.17) is 19.6 Å². The van der Waals surface area contributed by atoms with Crippen molar-refractivity contribution in [3.05, 3.63) is 53.9 Å². The number of amides is 3. The van der Waals surface area contributed by atoms with Crippen molar-refractivity contribution in [1.29, 1.82) is 0 Å². The molecule has 3 N–H and O–H groups in total. The highest BCUT2D eigenvalue weighted by Gasteiger charge is 2.61. The van der Waals surface area contributed by atoms with Crippen molar-refractivity contribution in [3.63, 3.8) is 0 Å². The lowest BCUT2D eigenvalue weighted by Crippen LogP contribution is -2.57. The number of methoxy groups -OCH3 is 1. The third-order valence-electron chi connectivity index (χ3n) is 9.71. The van der Waals surface area contributed by atoms with Crippen LogP contribution in [-0.2, 0) is 24.4 Å². The van der Waals surface area contributed by atoms with E-state index in [2.05, 4.69) is 29.2 Å². The van der Waals surface area contributed by atoms with Gasteiger partial charge in [0.05, 0.1) is 30.2 Å². The SMILES string of the molecule is COc1ccc2c(OCC[C@@H]3NC(=O)CCCCC/C=C\[C@@H]4C[C@@]4(C(=O)NS(=O)(=O)C4CC4)NC3=O)cc(-n3ccc(C(C)C)n3)nc2c1C. The van der Waals surface area contributed by atoms with E-state index in [0.29, 0.717) is 42.1 Å². The highest BCUT2D eigenvalue weighted by Crippen LogP contribution is 2.46. The molecule has 3 amide bonds. The predicted molar refractivity (Wildman–Crippen MR) is 188 cm³/mol. The first-order chi connectivity index (χ1) is 23.9. The van der Waals surface area contributed by atoms with Crippen molar-refractivity contribution in [2.45, 2.75) is 101 Å². The molecule has 0 spiro atoms. The van der Waals surface area contributed by atoms with Gasteiger partial charge in [0, 0.05) is 42.0 Å². The Morgan fingerprint density at radius 1 is 1.14 bits per heavy atom. The number of ether oxygens (including phenoxy) is 2. The van der Waals surface area contributed by atoms with Gasteiger partial charge in [-0.15, -0.1) is 0 Å². The molecule has 2 aliphatic carbocycles. The van der Waals surface area contributed by atoms with Gasteiger partial charge >= 0.3 is 0 Å². The molecule has 1 aromatic carbocycles. The number of sulfonamides is 1. The number of allylic oxidation sites excluding steroid dienone is 1. The van der Waals surface area contributed by atoms with Crippen LogP contribution in [0.4, 0.5) is 0 Å². The Bertz CT molecular complexity index is 1920. The van der Waals surface area contributed by atoms with Gasteiger partial charge in [-0.3, -0.25) is 19.1 Å². The summed E-state index contributed by atoms with van der Waals surface area (Å²) in [7, 11) is -2.23. The number of nitrogens with one attached hydrogen (secondary N) is 3. The van der Waals surface area contributed by atoms with E-state index in [1.807, 2.05) is 43.5 Å². The van der Waals surface area contributed by atoms with E-state index in [1.54, 1.807) is 17.9 Å². The van der Waals surface area contributed by atoms with Gasteiger partial charge in [-0.2, -0.15) is 5.10 Å². The summed E-state index contributed by atoms with van der Waals surface area (Å²) in [6.07, 6.45) is 10.5. The quantitative estimate of drug-likeness (QED) is 0.263. The van der Waals surface area contributed by atoms with Gasteiger partial charge in [0.2, 0.25) is 21.8 Å². The zero-order chi connectivity index (χ0) is 35.6. The van der Waals surface area contributed by atoms with Gasteiger partial charge in [-0.1, -0.05) is 32.4 Å². The summed E-state index contributed by atoms with van der Waals surface area (Å²) in [6, 6.07) is 6.41. The lowest BCUT2D eigenvalue weighted by atomic mass is 10.1. The first-order valence-corrected chi connectivity index (χ1v) is 19.0. The summed E-state index contributed by atoms with van der Waals surface area (Å²) in [4.78, 5) is 45.3. The number of nitrogens with zero attached hydrogens (tertiary/aromatic N) is 3. The molecular weight excluding hydrogens is 660 g/mol. The van der Waals surface area contributed by atoms with Crippen molar-refractivity contribution >= 4 is 38.6 Å². The van der Waals surface area contributed by atoms with Crippen LogP contribution < -0.4 is 24.8 Å². The molecule has 14 heteroatoms. The number of aromatic nitrogens is 3. The van der Waals surface area contributed by atoms with Gasteiger partial charge in [0.25, 0.3) is 5.91 Å². The monoisotopic (exact) mass is 706 g/mol. The number of hydrogen-bond donors (Lipinski definition) is 3. The second-order valence-corrected chi connectivity index (χ2v) is 15.8. The van der Waals surface area contributed by atoms with E-state index < -0.39 is 38.7 Å². The Hall–Kier alpha value is -4.46. The third kappa shape index (κ3) is 7.64. The summed E-state index contributed by atoms with van der Waals surface area (Å²) in [5.41, 5.74) is 0.988. The molecule has 50 heavy (non-hydrogen) atoms. The number of hydrogen-bond acceptors (Lipinski definition) is 9. The van der Waals surface area contributed by atoms with Gasteiger partial charge in [0.1, 0.15) is 23.1 Å². The zero-order valence-electron chi connectivity index (χ0n) is 29.0. The molecular formula is C36H46N6O7S. The third-order valence-corrected chi connectivity index (χ3v) is 11.5. The first-order valence-electron chi connectivity index (χ1n) is 17.4. The summed E-state index contributed by atoms with van der Waals surface area (Å²) in [5.74, 6) is -0.0122. The Morgan fingerprint density at radius 3 is 2.66 bits per heavy atom. The summed E-state index contributed by atoms with van der Waals surface area (Å²) in [6.45, 7) is 6.09. The molecule has 1 aliphatic heterocycles. The molecule has 13 nitrogen and oxygen atoms in total. The summed E-state index contributed by atoms with van der Waals surface area (Å²) >= 11 is 0. The standard InChI is InChI=1S/C36H46N6O7S/c1-22(2)27-16-18-42(40-27)31-20-30(26-14-15-29(48-4)23(3)33(26)38-31)49-19-17-28-34(44)39-36(35(45)41-50(46,47)25-12-13-25)21-24(36)10-8-6-5-7-9-11-32(43)37-28/h8,10,14-16,18,20,22,24-25,28H,5-7,9,11-13,17,19,21H2,1-4H3,(H,37,43)(H,39,44)(H,41,45)/b10-8-/t24-,28+,36-/m1/s1. The molecule has 0 radical (unpaired) electrons. The van der Waals surface area contributed by atoms with Crippen LogP contribution >= 0.6 is 0 Å². The maximum Gasteiger partial charge on any atom is 0.259 e. The Morgan fingerprint density at radius 2 is 1.94 bits per heavy atom. The van der Waals surface area contributed by atoms with E-state index in [0.717, 1.165) is 35.9 Å². The van der Waals surface area contributed by atoms with Crippen molar-refractivity contribution in [2.24, 2.45) is 5.92 Å². The van der Waals surface area contributed by atoms with Crippen molar-refractivity contribution in [2.75, 3.05) is 13.7 Å². The number of rotatable bonds is 10. The van der Waals surface area contributed by atoms with Gasteiger partial charge < -0.3 is 20.1 Å². The largest absolute Gasteiger partial charge is 0.496 e. The average molecular weight is 707 g/mol. The summed E-state index contributed by atoms with van der Waals surface area (Å²) in [5, 5.41) is 10.5. The normalized spacial score (nSPS) is 23.7. The number of fused-ring (bicyclic) bond motifs is 2. The fourth-order valence-corrected chi connectivity index (χ4v) is 7.74. The Balaban J connectivity index is 1.25. The fraction of sp³-hybridized carbons (Fsp3) is 0.528. The van der Waals surface area contributed by atoms with Crippen molar-refractivity contribution < 1.29 is 32.3 Å². The summed E-state index contributed by atoms with van der Waals surface area (Å²) < 4.78 is 41.2. The van der Waals surface area contributed by atoms with Crippen LogP contribution in [0.1, 0.15) is 88.8 Å². The van der Waals surface area contributed by atoms with Crippen LogP contribution in [0.2, 0.25) is 0 Å². The number of carbonyl (C=O) groups excluding carboxylic acids is 3. The second-order valence-electron chi connectivity index (χ2n) is 13.8. The van der Waals surface area contributed by atoms with Crippen LogP contribution in [-0.4, -0.2) is 71.5 Å². The van der Waals surface area contributed by atoms with E-state index >= 15 is 0 Å². The predicted octanol–water partition coefficient (Wildman–Crippen LogP) is 4.12. The fourth-order valence-electron chi connectivity index (χ4n) is 6.38. The molecule has 3 aromatic rings. The lowest BCUT2D eigenvalue weighted by molar-refractivity contribution is -0.132.